The third-order valence-corrected chi connectivity index (χ3v) is 2.98. The zero-order chi connectivity index (χ0) is 13.4. The minimum atomic E-state index is -0.523. The van der Waals surface area contributed by atoms with Gasteiger partial charge in [0.05, 0.1) is 0 Å². The molecule has 0 aliphatic heterocycles. The second-order valence-corrected chi connectivity index (χ2v) is 4.21. The van der Waals surface area contributed by atoms with E-state index < -0.39 is 11.6 Å². The largest absolute Gasteiger partial charge is 0.384 e. The predicted molar refractivity (Wildman–Crippen MR) is 71.5 cm³/mol. The Morgan fingerprint density at radius 3 is 2.37 bits per heavy atom. The lowest BCUT2D eigenvalue weighted by molar-refractivity contribution is 0.625. The molecule has 94 valence electrons. The first-order valence-corrected chi connectivity index (χ1v) is 5.76. The molecule has 3 rings (SSSR count). The maximum atomic E-state index is 14.0. The van der Waals surface area contributed by atoms with Crippen LogP contribution in [0.15, 0.2) is 48.5 Å². The fourth-order valence-corrected chi connectivity index (χ4v) is 2.14. The van der Waals surface area contributed by atoms with E-state index in [0.29, 0.717) is 16.3 Å². The minimum absolute atomic E-state index is 0.0655. The monoisotopic (exact) mass is 256 g/mol. The first-order chi connectivity index (χ1) is 9.16. The molecule has 2 N–H and O–H groups in total. The van der Waals surface area contributed by atoms with Crippen molar-refractivity contribution in [1.82, 2.24) is 4.98 Å². The summed E-state index contributed by atoms with van der Waals surface area (Å²) in [4.78, 5) is 3.97. The fraction of sp³-hybridized carbons (Fsp3) is 0. The van der Waals surface area contributed by atoms with Gasteiger partial charge in [-0.25, -0.2) is 13.8 Å². The van der Waals surface area contributed by atoms with Gasteiger partial charge in [0.15, 0.2) is 0 Å². The highest BCUT2D eigenvalue weighted by molar-refractivity contribution is 5.96. The lowest BCUT2D eigenvalue weighted by Crippen LogP contribution is -1.96. The first-order valence-electron chi connectivity index (χ1n) is 5.76. The van der Waals surface area contributed by atoms with Gasteiger partial charge in [-0.3, -0.25) is 0 Å². The number of halogens is 2. The number of nitrogens with zero attached hydrogens (tertiary/aromatic N) is 1. The van der Waals surface area contributed by atoms with Crippen molar-refractivity contribution in [3.63, 3.8) is 0 Å². The van der Waals surface area contributed by atoms with E-state index in [1.165, 1.54) is 18.2 Å². The molecule has 1 aromatic heterocycles. The lowest BCUT2D eigenvalue weighted by atomic mass is 10.0. The first kappa shape index (κ1) is 11.6. The molecule has 3 aromatic rings. The van der Waals surface area contributed by atoms with Crippen LogP contribution < -0.4 is 5.73 Å². The summed E-state index contributed by atoms with van der Waals surface area (Å²) < 4.78 is 27.9. The Morgan fingerprint density at radius 2 is 1.58 bits per heavy atom. The fourth-order valence-electron chi connectivity index (χ4n) is 2.14. The molecule has 0 aliphatic carbocycles. The number of hydrogen-bond donors (Lipinski definition) is 1. The van der Waals surface area contributed by atoms with Crippen LogP contribution in [0.2, 0.25) is 0 Å². The summed E-state index contributed by atoms with van der Waals surface area (Å²) in [7, 11) is 0. The quantitative estimate of drug-likeness (QED) is 0.720. The van der Waals surface area contributed by atoms with Crippen molar-refractivity contribution in [2.24, 2.45) is 0 Å². The molecule has 0 atom stereocenters. The zero-order valence-corrected chi connectivity index (χ0v) is 9.90. The number of hydrogen-bond acceptors (Lipinski definition) is 2. The third kappa shape index (κ3) is 1.91. The highest BCUT2D eigenvalue weighted by Crippen LogP contribution is 2.31. The molecule has 2 nitrogen and oxygen atoms in total. The Morgan fingerprint density at radius 1 is 0.842 bits per heavy atom. The van der Waals surface area contributed by atoms with Crippen molar-refractivity contribution in [2.75, 3.05) is 5.73 Å². The van der Waals surface area contributed by atoms with E-state index in [-0.39, 0.29) is 11.5 Å². The van der Waals surface area contributed by atoms with Crippen molar-refractivity contribution in [3.05, 3.63) is 60.2 Å². The van der Waals surface area contributed by atoms with E-state index in [1.807, 2.05) is 0 Å². The minimum Gasteiger partial charge on any atom is -0.384 e. The van der Waals surface area contributed by atoms with Gasteiger partial charge in [0, 0.05) is 10.9 Å². The molecule has 0 saturated heterocycles. The summed E-state index contributed by atoms with van der Waals surface area (Å²) in [5.74, 6) is -0.730. The molecule has 0 amide bonds. The van der Waals surface area contributed by atoms with Crippen LogP contribution in [0.3, 0.4) is 0 Å². The van der Waals surface area contributed by atoms with Crippen LogP contribution in [0.4, 0.5) is 14.6 Å². The molecule has 0 radical (unpaired) electrons. The molecule has 0 bridgehead atoms. The molecule has 0 fully saturated rings. The van der Waals surface area contributed by atoms with Crippen LogP contribution >= 0.6 is 0 Å². The molecular weight excluding hydrogens is 246 g/mol. The maximum absolute atomic E-state index is 14.0. The number of nitrogen functional groups attached to an aromatic ring is 1. The van der Waals surface area contributed by atoms with Crippen LogP contribution in [-0.2, 0) is 0 Å². The van der Waals surface area contributed by atoms with Crippen molar-refractivity contribution < 1.29 is 8.78 Å². The van der Waals surface area contributed by atoms with Crippen molar-refractivity contribution >= 4 is 16.6 Å². The SMILES string of the molecule is Nc1ccc(F)c(-c2cccc3cccc(F)c23)n1. The number of anilines is 1. The average Bonchev–Trinajstić information content (AvgIpc) is 2.41. The summed E-state index contributed by atoms with van der Waals surface area (Å²) in [6, 6.07) is 12.5. The Labute approximate surface area is 108 Å². The summed E-state index contributed by atoms with van der Waals surface area (Å²) in [5.41, 5.74) is 6.04. The third-order valence-electron chi connectivity index (χ3n) is 2.98. The molecule has 0 unspecified atom stereocenters. The molecule has 0 aliphatic rings. The lowest BCUT2D eigenvalue weighted by Gasteiger charge is -2.08. The Kier molecular flexibility index (Phi) is 2.63. The second-order valence-electron chi connectivity index (χ2n) is 4.21. The van der Waals surface area contributed by atoms with Crippen LogP contribution in [0.5, 0.6) is 0 Å². The highest BCUT2D eigenvalue weighted by Gasteiger charge is 2.13. The second kappa shape index (κ2) is 4.31. The van der Waals surface area contributed by atoms with E-state index in [0.717, 1.165) is 0 Å². The van der Waals surface area contributed by atoms with Crippen molar-refractivity contribution in [3.8, 4) is 11.3 Å². The predicted octanol–water partition coefficient (Wildman–Crippen LogP) is 3.76. The molecule has 0 spiro atoms. The van der Waals surface area contributed by atoms with Gasteiger partial charge in [-0.15, -0.1) is 0 Å². The van der Waals surface area contributed by atoms with E-state index in [1.54, 1.807) is 30.3 Å². The average molecular weight is 256 g/mol. The number of benzene rings is 2. The maximum Gasteiger partial charge on any atom is 0.149 e. The van der Waals surface area contributed by atoms with Gasteiger partial charge in [0.1, 0.15) is 23.1 Å². The van der Waals surface area contributed by atoms with Gasteiger partial charge in [-0.05, 0) is 23.6 Å². The van der Waals surface area contributed by atoms with Crippen LogP contribution in [-0.4, -0.2) is 4.98 Å². The van der Waals surface area contributed by atoms with Gasteiger partial charge in [0.25, 0.3) is 0 Å². The zero-order valence-electron chi connectivity index (χ0n) is 9.90. The number of fused-ring (bicyclic) bond motifs is 1. The van der Waals surface area contributed by atoms with Crippen LogP contribution in [0, 0.1) is 11.6 Å². The summed E-state index contributed by atoms with van der Waals surface area (Å²) in [6.45, 7) is 0. The van der Waals surface area contributed by atoms with E-state index >= 15 is 0 Å². The number of nitrogens with two attached hydrogens (primary N) is 1. The van der Waals surface area contributed by atoms with E-state index in [9.17, 15) is 8.78 Å². The Balaban J connectivity index is 2.40. The number of aromatic nitrogens is 1. The molecule has 4 heteroatoms. The molecule has 19 heavy (non-hydrogen) atoms. The highest BCUT2D eigenvalue weighted by atomic mass is 19.1. The Hall–Kier alpha value is -2.49. The van der Waals surface area contributed by atoms with E-state index in [4.69, 9.17) is 5.73 Å². The summed E-state index contributed by atoms with van der Waals surface area (Å²) in [6.07, 6.45) is 0. The van der Waals surface area contributed by atoms with Gasteiger partial charge in [0.2, 0.25) is 0 Å². The smallest absolute Gasteiger partial charge is 0.149 e. The number of pyridine rings is 1. The molecular formula is C15H10F2N2. The van der Waals surface area contributed by atoms with Crippen LogP contribution in [0.25, 0.3) is 22.0 Å². The van der Waals surface area contributed by atoms with Crippen LogP contribution in [0.1, 0.15) is 0 Å². The topological polar surface area (TPSA) is 38.9 Å². The van der Waals surface area contributed by atoms with Crippen molar-refractivity contribution in [2.45, 2.75) is 0 Å². The van der Waals surface area contributed by atoms with Gasteiger partial charge in [-0.1, -0.05) is 30.3 Å². The Bertz CT molecular complexity index is 764. The summed E-state index contributed by atoms with van der Waals surface area (Å²) >= 11 is 0. The van der Waals surface area contributed by atoms with Crippen molar-refractivity contribution in [1.29, 1.82) is 0 Å². The summed E-state index contributed by atoms with van der Waals surface area (Å²) in [5, 5.41) is 1.04. The molecule has 2 aromatic carbocycles. The number of rotatable bonds is 1. The van der Waals surface area contributed by atoms with Gasteiger partial charge < -0.3 is 5.73 Å². The molecule has 1 heterocycles. The van der Waals surface area contributed by atoms with E-state index in [2.05, 4.69) is 4.98 Å². The van der Waals surface area contributed by atoms with Gasteiger partial charge in [-0.2, -0.15) is 0 Å². The molecule has 0 saturated carbocycles. The standard InChI is InChI=1S/C15H10F2N2/c16-11-6-2-4-9-3-1-5-10(14(9)11)15-12(17)7-8-13(18)19-15/h1-8H,(H2,18,19). The van der Waals surface area contributed by atoms with Gasteiger partial charge >= 0.3 is 0 Å². The normalized spacial score (nSPS) is 10.8.